The minimum absolute atomic E-state index is 0.0163. The molecule has 6 nitrogen and oxygen atoms in total. The van der Waals surface area contributed by atoms with Crippen molar-refractivity contribution >= 4 is 40.7 Å². The number of benzene rings is 2. The first kappa shape index (κ1) is 24.1. The molecule has 0 aliphatic carbocycles. The van der Waals surface area contributed by atoms with Gasteiger partial charge in [-0.25, -0.2) is 0 Å². The summed E-state index contributed by atoms with van der Waals surface area (Å²) >= 11 is 12.4. The number of hydrogen-bond donors (Lipinski definition) is 1. The Hall–Kier alpha value is -2.54. The van der Waals surface area contributed by atoms with Crippen LogP contribution in [0.3, 0.4) is 0 Å². The lowest BCUT2D eigenvalue weighted by atomic mass is 9.95. The van der Waals surface area contributed by atoms with Crippen LogP contribution in [-0.4, -0.2) is 59.9 Å². The number of Topliss-reactive ketones (excluding diaryl/α,β-unsaturated/α-hetero) is 1. The predicted molar refractivity (Wildman–Crippen MR) is 126 cm³/mol. The first-order chi connectivity index (χ1) is 15.3. The third-order valence-corrected chi connectivity index (χ3v) is 6.17. The number of nitrogens with zero attached hydrogens (tertiary/aromatic N) is 2. The Labute approximate surface area is 198 Å². The summed E-state index contributed by atoms with van der Waals surface area (Å²) in [5, 5.41) is 11.7. The number of carbonyl (C=O) groups is 2. The Morgan fingerprint density at radius 2 is 1.78 bits per heavy atom. The van der Waals surface area contributed by atoms with Crippen LogP contribution >= 0.6 is 23.2 Å². The largest absolute Gasteiger partial charge is 0.507 e. The average Bonchev–Trinajstić information content (AvgIpc) is 3.04. The summed E-state index contributed by atoms with van der Waals surface area (Å²) in [4.78, 5) is 29.9. The summed E-state index contributed by atoms with van der Waals surface area (Å²) in [6.45, 7) is 6.69. The molecule has 1 aliphatic rings. The maximum absolute atomic E-state index is 13.1. The Bertz CT molecular complexity index is 1040. The summed E-state index contributed by atoms with van der Waals surface area (Å²) in [5.74, 6) is -1.60. The molecule has 2 aromatic carbocycles. The van der Waals surface area contributed by atoms with Crippen molar-refractivity contribution in [2.45, 2.75) is 19.9 Å². The third-order valence-electron chi connectivity index (χ3n) is 5.67. The maximum Gasteiger partial charge on any atom is 0.295 e. The molecule has 0 aromatic heterocycles. The second-order valence-electron chi connectivity index (χ2n) is 7.40. The molecule has 0 bridgehead atoms. The fraction of sp³-hybridized carbons (Fsp3) is 0.333. The molecular formula is C24H26Cl2N2O4. The van der Waals surface area contributed by atoms with Crippen molar-refractivity contribution in [2.24, 2.45) is 0 Å². The molecule has 0 spiro atoms. The standard InChI is InChI=1S/C24H26Cl2N2O4/c1-4-27(5-2)11-12-28-20(15-9-7-6-8-10-15)19(22(30)24(28)31)21(29)17-13-16(25)14-18(26)23(17)32-3/h6-10,13-14,20,29H,4-5,11-12H2,1-3H3/b21-19+. The van der Waals surface area contributed by atoms with Crippen LogP contribution in [0.25, 0.3) is 5.76 Å². The van der Waals surface area contributed by atoms with Crippen molar-refractivity contribution in [1.29, 1.82) is 0 Å². The Balaban J connectivity index is 2.17. The van der Waals surface area contributed by atoms with Gasteiger partial charge in [0.15, 0.2) is 0 Å². The molecule has 1 N–H and O–H groups in total. The summed E-state index contributed by atoms with van der Waals surface area (Å²) in [6.07, 6.45) is 0. The van der Waals surface area contributed by atoms with Gasteiger partial charge in [0.05, 0.1) is 29.3 Å². The molecule has 1 amide bonds. The maximum atomic E-state index is 13.1. The Kier molecular flexibility index (Phi) is 7.82. The van der Waals surface area contributed by atoms with Gasteiger partial charge in [0, 0.05) is 18.1 Å². The van der Waals surface area contributed by atoms with Gasteiger partial charge in [0.25, 0.3) is 11.7 Å². The number of hydrogen-bond acceptors (Lipinski definition) is 5. The smallest absolute Gasteiger partial charge is 0.295 e. The highest BCUT2D eigenvalue weighted by Gasteiger charge is 2.46. The van der Waals surface area contributed by atoms with E-state index in [4.69, 9.17) is 27.9 Å². The SMILES string of the molecule is CCN(CC)CCN1C(=O)C(=O)/C(=C(/O)c2cc(Cl)cc(Cl)c2OC)C1c1ccccc1. The van der Waals surface area contributed by atoms with Gasteiger partial charge in [0.2, 0.25) is 0 Å². The number of aliphatic hydroxyl groups excluding tert-OH is 1. The molecule has 1 heterocycles. The van der Waals surface area contributed by atoms with E-state index in [1.807, 2.05) is 44.2 Å². The summed E-state index contributed by atoms with van der Waals surface area (Å²) in [6, 6.07) is 11.4. The molecule has 8 heteroatoms. The van der Waals surface area contributed by atoms with Crippen molar-refractivity contribution in [3.8, 4) is 5.75 Å². The molecule has 1 saturated heterocycles. The Morgan fingerprint density at radius 3 is 2.38 bits per heavy atom. The molecule has 2 aromatic rings. The zero-order chi connectivity index (χ0) is 23.4. The van der Waals surface area contributed by atoms with Crippen LogP contribution in [0, 0.1) is 0 Å². The van der Waals surface area contributed by atoms with E-state index in [9.17, 15) is 14.7 Å². The minimum atomic E-state index is -0.756. The van der Waals surface area contributed by atoms with Crippen molar-refractivity contribution in [3.63, 3.8) is 0 Å². The molecular weight excluding hydrogens is 451 g/mol. The van der Waals surface area contributed by atoms with E-state index in [0.717, 1.165) is 18.7 Å². The number of amides is 1. The molecule has 1 unspecified atom stereocenters. The second-order valence-corrected chi connectivity index (χ2v) is 8.24. The molecule has 0 radical (unpaired) electrons. The van der Waals surface area contributed by atoms with Crippen LogP contribution in [0.1, 0.15) is 31.0 Å². The van der Waals surface area contributed by atoms with Gasteiger partial charge in [-0.2, -0.15) is 0 Å². The van der Waals surface area contributed by atoms with Gasteiger partial charge >= 0.3 is 0 Å². The number of aliphatic hydroxyl groups is 1. The molecule has 0 saturated carbocycles. The van der Waals surface area contributed by atoms with E-state index in [0.29, 0.717) is 13.1 Å². The highest BCUT2D eigenvalue weighted by atomic mass is 35.5. The van der Waals surface area contributed by atoms with Crippen LogP contribution in [0.2, 0.25) is 10.0 Å². The molecule has 1 aliphatic heterocycles. The van der Waals surface area contributed by atoms with Crippen molar-refractivity contribution in [3.05, 3.63) is 69.2 Å². The van der Waals surface area contributed by atoms with E-state index < -0.39 is 17.7 Å². The second kappa shape index (κ2) is 10.4. The normalized spacial score (nSPS) is 17.9. The zero-order valence-electron chi connectivity index (χ0n) is 18.3. The number of carbonyl (C=O) groups excluding carboxylic acids is 2. The lowest BCUT2D eigenvalue weighted by Gasteiger charge is -2.28. The average molecular weight is 477 g/mol. The number of halogens is 2. The van der Waals surface area contributed by atoms with Crippen molar-refractivity contribution in [1.82, 2.24) is 9.80 Å². The predicted octanol–water partition coefficient (Wildman–Crippen LogP) is 4.77. The zero-order valence-corrected chi connectivity index (χ0v) is 19.8. The lowest BCUT2D eigenvalue weighted by Crippen LogP contribution is -2.38. The van der Waals surface area contributed by atoms with Crippen LogP contribution in [0.5, 0.6) is 5.75 Å². The topological polar surface area (TPSA) is 70.1 Å². The quantitative estimate of drug-likeness (QED) is 0.337. The number of methoxy groups -OCH3 is 1. The van der Waals surface area contributed by atoms with Gasteiger partial charge < -0.3 is 19.6 Å². The first-order valence-electron chi connectivity index (χ1n) is 10.4. The van der Waals surface area contributed by atoms with Gasteiger partial charge in [-0.05, 0) is 30.8 Å². The first-order valence-corrected chi connectivity index (χ1v) is 11.2. The van der Waals surface area contributed by atoms with Crippen LogP contribution in [0.4, 0.5) is 0 Å². The van der Waals surface area contributed by atoms with E-state index in [1.165, 1.54) is 24.1 Å². The highest BCUT2D eigenvalue weighted by Crippen LogP contribution is 2.43. The van der Waals surface area contributed by atoms with Crippen molar-refractivity contribution in [2.75, 3.05) is 33.3 Å². The minimum Gasteiger partial charge on any atom is -0.507 e. The number of likely N-dealkylation sites (N-methyl/N-ethyl adjacent to an activating group) is 1. The van der Waals surface area contributed by atoms with E-state index in [2.05, 4.69) is 4.90 Å². The number of ether oxygens (including phenoxy) is 1. The summed E-state index contributed by atoms with van der Waals surface area (Å²) in [5.41, 5.74) is 0.866. The van der Waals surface area contributed by atoms with Gasteiger partial charge in [-0.1, -0.05) is 67.4 Å². The number of rotatable bonds is 8. The van der Waals surface area contributed by atoms with Gasteiger partial charge in [0.1, 0.15) is 11.5 Å². The van der Waals surface area contributed by atoms with Crippen LogP contribution < -0.4 is 4.74 Å². The molecule has 1 fully saturated rings. The van der Waals surface area contributed by atoms with E-state index in [-0.39, 0.29) is 32.7 Å². The van der Waals surface area contributed by atoms with E-state index in [1.54, 1.807) is 0 Å². The van der Waals surface area contributed by atoms with Crippen molar-refractivity contribution < 1.29 is 19.4 Å². The van der Waals surface area contributed by atoms with Crippen LogP contribution in [0.15, 0.2) is 48.0 Å². The molecule has 1 atom stereocenters. The van der Waals surface area contributed by atoms with Gasteiger partial charge in [-0.3, -0.25) is 9.59 Å². The lowest BCUT2D eigenvalue weighted by molar-refractivity contribution is -0.140. The Morgan fingerprint density at radius 1 is 1.12 bits per heavy atom. The molecule has 32 heavy (non-hydrogen) atoms. The fourth-order valence-electron chi connectivity index (χ4n) is 3.97. The van der Waals surface area contributed by atoms with Crippen LogP contribution in [-0.2, 0) is 9.59 Å². The third kappa shape index (κ3) is 4.63. The van der Waals surface area contributed by atoms with E-state index >= 15 is 0 Å². The summed E-state index contributed by atoms with van der Waals surface area (Å²) < 4.78 is 5.35. The number of ketones is 1. The molecule has 3 rings (SSSR count). The number of likely N-dealkylation sites (tertiary alicyclic amines) is 1. The summed E-state index contributed by atoms with van der Waals surface area (Å²) in [7, 11) is 1.41. The highest BCUT2D eigenvalue weighted by molar-refractivity contribution is 6.46. The fourth-order valence-corrected chi connectivity index (χ4v) is 4.54. The van der Waals surface area contributed by atoms with Gasteiger partial charge in [-0.15, -0.1) is 0 Å². The molecule has 170 valence electrons. The monoisotopic (exact) mass is 476 g/mol.